The highest BCUT2D eigenvalue weighted by Crippen LogP contribution is 2.32. The molecule has 0 saturated carbocycles. The summed E-state index contributed by atoms with van der Waals surface area (Å²) in [5, 5.41) is 9.27. The Morgan fingerprint density at radius 1 is 1.31 bits per heavy atom. The molecular weight excluding hydrogens is 350 g/mol. The number of carbonyl (C=O) groups is 1. The van der Waals surface area contributed by atoms with Gasteiger partial charge in [0.25, 0.3) is 0 Å². The molecule has 0 bridgehead atoms. The molecule has 1 N–H and O–H groups in total. The van der Waals surface area contributed by atoms with Gasteiger partial charge < -0.3 is 14.8 Å². The van der Waals surface area contributed by atoms with E-state index in [9.17, 15) is 4.79 Å². The van der Waals surface area contributed by atoms with Gasteiger partial charge in [-0.3, -0.25) is 9.48 Å². The molecule has 1 unspecified atom stereocenters. The monoisotopic (exact) mass is 367 g/mol. The lowest BCUT2D eigenvalue weighted by Gasteiger charge is -2.16. The average molecular weight is 367 g/mol. The minimum Gasteiger partial charge on any atom is -0.454 e. The molecule has 2 aromatic heterocycles. The molecule has 6 nitrogen and oxygen atoms in total. The summed E-state index contributed by atoms with van der Waals surface area (Å²) in [4.78, 5) is 13.4. The van der Waals surface area contributed by atoms with Crippen molar-refractivity contribution in [1.82, 2.24) is 15.1 Å². The molecule has 0 aliphatic carbocycles. The van der Waals surface area contributed by atoms with Crippen LogP contribution in [0.4, 0.5) is 0 Å². The highest BCUT2D eigenvalue weighted by molar-refractivity contribution is 7.10. The van der Waals surface area contributed by atoms with Gasteiger partial charge in [0.15, 0.2) is 11.5 Å². The molecule has 0 saturated heterocycles. The van der Waals surface area contributed by atoms with Gasteiger partial charge in [-0.25, -0.2) is 0 Å². The quantitative estimate of drug-likeness (QED) is 0.680. The highest BCUT2D eigenvalue weighted by Gasteiger charge is 2.16. The molecule has 0 radical (unpaired) electrons. The maximum Gasteiger partial charge on any atom is 0.244 e. The van der Waals surface area contributed by atoms with Crippen molar-refractivity contribution in [2.24, 2.45) is 0 Å². The maximum atomic E-state index is 12.2. The number of nitrogens with zero attached hydrogens (tertiary/aromatic N) is 2. The maximum absolute atomic E-state index is 12.2. The van der Waals surface area contributed by atoms with Gasteiger partial charge in [0.05, 0.1) is 0 Å². The third-order valence-corrected chi connectivity index (χ3v) is 4.98. The number of ether oxygens (including phenoxy) is 2. The van der Waals surface area contributed by atoms with E-state index in [1.807, 2.05) is 52.7 Å². The predicted molar refractivity (Wildman–Crippen MR) is 99.3 cm³/mol. The lowest BCUT2D eigenvalue weighted by atomic mass is 10.2. The predicted octanol–water partition coefficient (Wildman–Crippen LogP) is 3.09. The number of carbonyl (C=O) groups excluding carboxylic acids is 1. The Morgan fingerprint density at radius 3 is 3.04 bits per heavy atom. The van der Waals surface area contributed by atoms with Gasteiger partial charge in [-0.2, -0.15) is 5.10 Å². The van der Waals surface area contributed by atoms with Crippen molar-refractivity contribution in [1.29, 1.82) is 0 Å². The summed E-state index contributed by atoms with van der Waals surface area (Å²) < 4.78 is 12.5. The first-order valence-corrected chi connectivity index (χ1v) is 9.06. The molecule has 3 heterocycles. The number of hydrogen-bond acceptors (Lipinski definition) is 5. The molecule has 0 spiro atoms. The van der Waals surface area contributed by atoms with Crippen molar-refractivity contribution in [3.63, 3.8) is 0 Å². The lowest BCUT2D eigenvalue weighted by Crippen LogP contribution is -2.30. The van der Waals surface area contributed by atoms with Crippen molar-refractivity contribution < 1.29 is 14.3 Å². The Balaban J connectivity index is 1.39. The smallest absolute Gasteiger partial charge is 0.244 e. The average Bonchev–Trinajstić information content (AvgIpc) is 3.41. The Labute approximate surface area is 154 Å². The first-order valence-electron chi connectivity index (χ1n) is 8.18. The van der Waals surface area contributed by atoms with Crippen molar-refractivity contribution in [2.75, 3.05) is 13.3 Å². The first kappa shape index (κ1) is 16.4. The molecule has 7 heteroatoms. The molecule has 1 amide bonds. The first-order chi connectivity index (χ1) is 12.8. The summed E-state index contributed by atoms with van der Waals surface area (Å²) >= 11 is 1.65. The molecule has 1 aromatic carbocycles. The third-order valence-electron chi connectivity index (χ3n) is 4.01. The molecule has 1 aliphatic heterocycles. The van der Waals surface area contributed by atoms with E-state index < -0.39 is 0 Å². The van der Waals surface area contributed by atoms with Gasteiger partial charge >= 0.3 is 0 Å². The molecule has 132 valence electrons. The van der Waals surface area contributed by atoms with Gasteiger partial charge in [-0.05, 0) is 41.3 Å². The SMILES string of the molecule is O=C(C=Cc1ccc2c(c1)OCO2)NCC(c1cccs1)n1cccn1. The summed E-state index contributed by atoms with van der Waals surface area (Å²) in [6.07, 6.45) is 6.92. The van der Waals surface area contributed by atoms with Gasteiger partial charge in [0, 0.05) is 29.9 Å². The summed E-state index contributed by atoms with van der Waals surface area (Å²) in [5.41, 5.74) is 0.881. The summed E-state index contributed by atoms with van der Waals surface area (Å²) in [7, 11) is 0. The van der Waals surface area contributed by atoms with Gasteiger partial charge in [-0.1, -0.05) is 12.1 Å². The Morgan fingerprint density at radius 2 is 2.23 bits per heavy atom. The fourth-order valence-corrected chi connectivity index (χ4v) is 3.54. The molecule has 26 heavy (non-hydrogen) atoms. The van der Waals surface area contributed by atoms with Crippen LogP contribution in [0.15, 0.2) is 60.2 Å². The van der Waals surface area contributed by atoms with E-state index in [2.05, 4.69) is 10.4 Å². The van der Waals surface area contributed by atoms with Crippen LogP contribution in [-0.4, -0.2) is 29.0 Å². The van der Waals surface area contributed by atoms with Crippen LogP contribution in [-0.2, 0) is 4.79 Å². The zero-order valence-electron chi connectivity index (χ0n) is 13.9. The zero-order valence-corrected chi connectivity index (χ0v) is 14.7. The van der Waals surface area contributed by atoms with Crippen molar-refractivity contribution in [2.45, 2.75) is 6.04 Å². The number of aromatic nitrogens is 2. The topological polar surface area (TPSA) is 65.4 Å². The Hall–Kier alpha value is -3.06. The number of fused-ring (bicyclic) bond motifs is 1. The van der Waals surface area contributed by atoms with E-state index in [-0.39, 0.29) is 18.7 Å². The minimum atomic E-state index is -0.156. The minimum absolute atomic E-state index is 0.0205. The van der Waals surface area contributed by atoms with E-state index >= 15 is 0 Å². The van der Waals surface area contributed by atoms with Crippen LogP contribution in [0.1, 0.15) is 16.5 Å². The van der Waals surface area contributed by atoms with Crippen molar-refractivity contribution in [3.05, 3.63) is 70.7 Å². The second-order valence-corrected chi connectivity index (χ2v) is 6.69. The lowest BCUT2D eigenvalue weighted by molar-refractivity contribution is -0.116. The number of nitrogens with one attached hydrogen (secondary N) is 1. The van der Waals surface area contributed by atoms with Gasteiger partial charge in [0.2, 0.25) is 12.7 Å². The molecule has 4 rings (SSSR count). The Bertz CT molecular complexity index is 870. The van der Waals surface area contributed by atoms with Crippen LogP contribution >= 0.6 is 11.3 Å². The van der Waals surface area contributed by atoms with E-state index in [4.69, 9.17) is 9.47 Å². The third kappa shape index (κ3) is 3.62. The van der Waals surface area contributed by atoms with E-state index in [0.29, 0.717) is 12.3 Å². The van der Waals surface area contributed by atoms with Crippen LogP contribution in [0.5, 0.6) is 11.5 Å². The molecule has 3 aromatic rings. The standard InChI is InChI=1S/C19H17N3O3S/c23-19(7-5-14-4-6-16-17(11-14)25-13-24-16)20-12-15(18-3-1-10-26-18)22-9-2-8-21-22/h1-11,15H,12-13H2,(H,20,23). The van der Waals surface area contributed by atoms with Gasteiger partial charge in [-0.15, -0.1) is 11.3 Å². The van der Waals surface area contributed by atoms with Crippen LogP contribution in [0.2, 0.25) is 0 Å². The fraction of sp³-hybridized carbons (Fsp3) is 0.158. The van der Waals surface area contributed by atoms with Crippen LogP contribution in [0.3, 0.4) is 0 Å². The summed E-state index contributed by atoms with van der Waals surface area (Å²) in [5.74, 6) is 1.27. The van der Waals surface area contributed by atoms with Crippen molar-refractivity contribution >= 4 is 23.3 Å². The van der Waals surface area contributed by atoms with E-state index in [1.54, 1.807) is 23.6 Å². The van der Waals surface area contributed by atoms with Crippen LogP contribution in [0, 0.1) is 0 Å². The van der Waals surface area contributed by atoms with E-state index in [0.717, 1.165) is 16.2 Å². The van der Waals surface area contributed by atoms with Crippen LogP contribution in [0.25, 0.3) is 6.08 Å². The number of rotatable bonds is 6. The fourth-order valence-electron chi connectivity index (χ4n) is 2.72. The summed E-state index contributed by atoms with van der Waals surface area (Å²) in [6.45, 7) is 0.701. The summed E-state index contributed by atoms with van der Waals surface area (Å²) in [6, 6.07) is 11.5. The molecule has 0 fully saturated rings. The van der Waals surface area contributed by atoms with Gasteiger partial charge in [0.1, 0.15) is 6.04 Å². The number of amides is 1. The largest absolute Gasteiger partial charge is 0.454 e. The second-order valence-electron chi connectivity index (χ2n) is 5.71. The van der Waals surface area contributed by atoms with Crippen LogP contribution < -0.4 is 14.8 Å². The van der Waals surface area contributed by atoms with E-state index in [1.165, 1.54) is 6.08 Å². The number of benzene rings is 1. The van der Waals surface area contributed by atoms with Crippen molar-refractivity contribution in [3.8, 4) is 11.5 Å². The molecule has 1 aliphatic rings. The molecular formula is C19H17N3O3S. The highest BCUT2D eigenvalue weighted by atomic mass is 32.1. The normalized spacial score (nSPS) is 13.8. The second kappa shape index (κ2) is 7.45. The number of thiophene rings is 1. The zero-order chi connectivity index (χ0) is 17.8. The molecule has 1 atom stereocenters. The Kier molecular flexibility index (Phi) is 4.70. The number of hydrogen-bond donors (Lipinski definition) is 1.